The molecule has 0 aliphatic rings. The van der Waals surface area contributed by atoms with Crippen molar-refractivity contribution in [2.45, 2.75) is 38.5 Å². The van der Waals surface area contributed by atoms with E-state index in [1.807, 2.05) is 13.0 Å². The molecule has 1 N–H and O–H groups in total. The first-order valence-corrected chi connectivity index (χ1v) is 6.58. The van der Waals surface area contributed by atoms with E-state index in [2.05, 4.69) is 0 Å². The van der Waals surface area contributed by atoms with Crippen LogP contribution in [0.1, 0.15) is 31.4 Å². The van der Waals surface area contributed by atoms with Crippen molar-refractivity contribution < 1.29 is 18.3 Å². The third kappa shape index (κ3) is 2.52. The number of alkyl halides is 3. The molecule has 0 aromatic heterocycles. The Hall–Kier alpha value is -1.55. The summed E-state index contributed by atoms with van der Waals surface area (Å²) in [5.41, 5.74) is -2.12. The number of hydrogen-bond donors (Lipinski definition) is 1. The molecule has 0 amide bonds. The van der Waals surface area contributed by atoms with Crippen LogP contribution in [0.5, 0.6) is 0 Å². The van der Waals surface area contributed by atoms with Gasteiger partial charge in [-0.15, -0.1) is 0 Å². The van der Waals surface area contributed by atoms with E-state index in [9.17, 15) is 18.3 Å². The van der Waals surface area contributed by atoms with Gasteiger partial charge in [0.2, 0.25) is 0 Å². The molecular formula is C16H17F3O. The van der Waals surface area contributed by atoms with Crippen LogP contribution >= 0.6 is 0 Å². The van der Waals surface area contributed by atoms with Gasteiger partial charge in [0.15, 0.2) is 5.60 Å². The van der Waals surface area contributed by atoms with Gasteiger partial charge in [0, 0.05) is 5.56 Å². The van der Waals surface area contributed by atoms with E-state index >= 15 is 0 Å². The highest BCUT2D eigenvalue weighted by Crippen LogP contribution is 2.41. The summed E-state index contributed by atoms with van der Waals surface area (Å²) in [4.78, 5) is 0. The summed E-state index contributed by atoms with van der Waals surface area (Å²) in [6, 6.07) is 10.2. The number of fused-ring (bicyclic) bond motifs is 1. The van der Waals surface area contributed by atoms with Gasteiger partial charge in [0.25, 0.3) is 0 Å². The van der Waals surface area contributed by atoms with Crippen molar-refractivity contribution in [3.63, 3.8) is 0 Å². The highest BCUT2D eigenvalue weighted by Gasteiger charge is 2.51. The zero-order chi connectivity index (χ0) is 15.0. The second-order valence-corrected chi connectivity index (χ2v) is 5.18. The van der Waals surface area contributed by atoms with Crippen molar-refractivity contribution in [2.24, 2.45) is 0 Å². The van der Waals surface area contributed by atoms with Gasteiger partial charge in [0.1, 0.15) is 0 Å². The predicted octanol–water partition coefficient (Wildman–Crippen LogP) is 4.56. The molecule has 20 heavy (non-hydrogen) atoms. The van der Waals surface area contributed by atoms with E-state index in [0.29, 0.717) is 11.8 Å². The van der Waals surface area contributed by atoms with Crippen LogP contribution in [-0.4, -0.2) is 11.3 Å². The largest absolute Gasteiger partial charge is 0.421 e. The monoisotopic (exact) mass is 282 g/mol. The van der Waals surface area contributed by atoms with Crippen LogP contribution in [0.2, 0.25) is 0 Å². The third-order valence-corrected chi connectivity index (χ3v) is 3.54. The maximum absolute atomic E-state index is 13.1. The fourth-order valence-electron chi connectivity index (χ4n) is 2.36. The summed E-state index contributed by atoms with van der Waals surface area (Å²) in [6.07, 6.45) is -3.18. The Bertz CT molecular complexity index is 615. The van der Waals surface area contributed by atoms with Crippen molar-refractivity contribution in [1.82, 2.24) is 0 Å². The van der Waals surface area contributed by atoms with Gasteiger partial charge in [-0.3, -0.25) is 0 Å². The van der Waals surface area contributed by atoms with Crippen LogP contribution in [0.25, 0.3) is 10.8 Å². The first kappa shape index (κ1) is 14.9. The van der Waals surface area contributed by atoms with Crippen LogP contribution in [-0.2, 0) is 12.0 Å². The lowest BCUT2D eigenvalue weighted by atomic mass is 9.88. The first-order chi connectivity index (χ1) is 9.27. The fourth-order valence-corrected chi connectivity index (χ4v) is 2.36. The highest BCUT2D eigenvalue weighted by atomic mass is 19.4. The van der Waals surface area contributed by atoms with Crippen LogP contribution in [0.4, 0.5) is 13.2 Å². The lowest BCUT2D eigenvalue weighted by Crippen LogP contribution is -2.39. The molecule has 0 saturated heterocycles. The number of rotatable bonds is 3. The number of halogens is 3. The number of benzene rings is 2. The Morgan fingerprint density at radius 3 is 2.35 bits per heavy atom. The van der Waals surface area contributed by atoms with Gasteiger partial charge in [-0.2, -0.15) is 13.2 Å². The first-order valence-electron chi connectivity index (χ1n) is 6.58. The average Bonchev–Trinajstić information content (AvgIpc) is 2.36. The third-order valence-electron chi connectivity index (χ3n) is 3.54. The van der Waals surface area contributed by atoms with Crippen LogP contribution in [0.15, 0.2) is 36.4 Å². The molecule has 0 aliphatic carbocycles. The van der Waals surface area contributed by atoms with Crippen molar-refractivity contribution in [3.05, 3.63) is 47.5 Å². The Balaban J connectivity index is 2.73. The van der Waals surface area contributed by atoms with Gasteiger partial charge in [-0.25, -0.2) is 0 Å². The summed E-state index contributed by atoms with van der Waals surface area (Å²) in [5.74, 6) is 0. The molecule has 0 saturated carbocycles. The molecule has 1 nitrogen and oxygen atoms in total. The quantitative estimate of drug-likeness (QED) is 0.874. The summed E-state index contributed by atoms with van der Waals surface area (Å²) >= 11 is 0. The second-order valence-electron chi connectivity index (χ2n) is 5.18. The Morgan fingerprint density at radius 2 is 1.75 bits per heavy atom. The normalized spacial score (nSPS) is 15.3. The molecule has 0 fully saturated rings. The molecule has 0 bridgehead atoms. The summed E-state index contributed by atoms with van der Waals surface area (Å²) < 4.78 is 39.3. The van der Waals surface area contributed by atoms with E-state index in [0.717, 1.165) is 24.3 Å². The minimum Gasteiger partial charge on any atom is -0.376 e. The molecule has 2 rings (SSSR count). The molecule has 2 aromatic carbocycles. The summed E-state index contributed by atoms with van der Waals surface area (Å²) in [5, 5.41) is 11.1. The Labute approximate surface area is 116 Å². The molecule has 1 unspecified atom stereocenters. The van der Waals surface area contributed by atoms with Crippen molar-refractivity contribution in [3.8, 4) is 0 Å². The molecule has 2 aromatic rings. The second kappa shape index (κ2) is 5.09. The molecule has 1 atom stereocenters. The SMILES string of the molecule is CCCc1cc(C(C)(O)C(F)(F)F)c2ccccc2c1. The average molecular weight is 282 g/mol. The van der Waals surface area contributed by atoms with Crippen LogP contribution in [0.3, 0.4) is 0 Å². The van der Waals surface area contributed by atoms with Gasteiger partial charge in [-0.05, 0) is 29.7 Å². The van der Waals surface area contributed by atoms with Crippen LogP contribution in [0, 0.1) is 0 Å². The van der Waals surface area contributed by atoms with Crippen molar-refractivity contribution in [2.75, 3.05) is 0 Å². The minimum absolute atomic E-state index is 0.0773. The molecular weight excluding hydrogens is 265 g/mol. The van der Waals surface area contributed by atoms with Gasteiger partial charge in [0.05, 0.1) is 0 Å². The van der Waals surface area contributed by atoms with Gasteiger partial charge < -0.3 is 5.11 Å². The maximum atomic E-state index is 13.1. The predicted molar refractivity (Wildman–Crippen MR) is 73.6 cm³/mol. The minimum atomic E-state index is -4.71. The molecule has 0 aliphatic heterocycles. The molecule has 4 heteroatoms. The smallest absolute Gasteiger partial charge is 0.376 e. The lowest BCUT2D eigenvalue weighted by molar-refractivity contribution is -0.258. The molecule has 0 spiro atoms. The van der Waals surface area contributed by atoms with E-state index in [-0.39, 0.29) is 5.56 Å². The lowest BCUT2D eigenvalue weighted by Gasteiger charge is -2.28. The molecule has 0 heterocycles. The number of aryl methyl sites for hydroxylation is 1. The Kier molecular flexibility index (Phi) is 3.78. The van der Waals surface area contributed by atoms with E-state index in [4.69, 9.17) is 0 Å². The van der Waals surface area contributed by atoms with E-state index in [1.54, 1.807) is 24.3 Å². The van der Waals surface area contributed by atoms with Gasteiger partial charge >= 0.3 is 6.18 Å². The maximum Gasteiger partial charge on any atom is 0.421 e. The topological polar surface area (TPSA) is 20.2 Å². The Morgan fingerprint density at radius 1 is 1.10 bits per heavy atom. The number of hydrogen-bond acceptors (Lipinski definition) is 1. The zero-order valence-electron chi connectivity index (χ0n) is 11.5. The molecule has 0 radical (unpaired) electrons. The number of aliphatic hydroxyl groups is 1. The zero-order valence-corrected chi connectivity index (χ0v) is 11.5. The standard InChI is InChI=1S/C16H17F3O/c1-3-6-11-9-12-7-4-5-8-13(12)14(10-11)15(2,20)16(17,18)19/h4-5,7-10,20H,3,6H2,1-2H3. The van der Waals surface area contributed by atoms with Crippen LogP contribution < -0.4 is 0 Å². The van der Waals surface area contributed by atoms with Gasteiger partial charge in [-0.1, -0.05) is 49.7 Å². The van der Waals surface area contributed by atoms with E-state index < -0.39 is 11.8 Å². The molecule has 108 valence electrons. The van der Waals surface area contributed by atoms with Crippen molar-refractivity contribution in [1.29, 1.82) is 0 Å². The van der Waals surface area contributed by atoms with E-state index in [1.165, 1.54) is 6.07 Å². The van der Waals surface area contributed by atoms with Crippen molar-refractivity contribution >= 4 is 10.8 Å². The summed E-state index contributed by atoms with van der Waals surface area (Å²) in [6.45, 7) is 2.78. The fraction of sp³-hybridized carbons (Fsp3) is 0.375. The summed E-state index contributed by atoms with van der Waals surface area (Å²) in [7, 11) is 0. The highest BCUT2D eigenvalue weighted by molar-refractivity contribution is 5.87.